The highest BCUT2D eigenvalue weighted by molar-refractivity contribution is 5.19. The zero-order valence-corrected chi connectivity index (χ0v) is 19.3. The summed E-state index contributed by atoms with van der Waals surface area (Å²) >= 11 is 0. The van der Waals surface area contributed by atoms with Gasteiger partial charge in [-0.2, -0.15) is 0 Å². The van der Waals surface area contributed by atoms with Crippen LogP contribution in [0.4, 0.5) is 0 Å². The van der Waals surface area contributed by atoms with Crippen molar-refractivity contribution in [2.75, 3.05) is 6.61 Å². The van der Waals surface area contributed by atoms with Crippen LogP contribution < -0.4 is 5.32 Å². The Kier molecular flexibility index (Phi) is 7.65. The highest BCUT2D eigenvalue weighted by Gasteiger charge is 2.53. The molecule has 3 fully saturated rings. The Bertz CT molecular complexity index is 670. The van der Waals surface area contributed by atoms with Crippen molar-refractivity contribution < 1.29 is 14.6 Å². The number of rotatable bonds is 8. The van der Waals surface area contributed by atoms with Crippen molar-refractivity contribution in [1.82, 2.24) is 5.32 Å². The zero-order chi connectivity index (χ0) is 21.8. The molecule has 2 aliphatic heterocycles. The molecule has 0 aromatic carbocycles. The third-order valence-corrected chi connectivity index (χ3v) is 6.50. The van der Waals surface area contributed by atoms with Crippen molar-refractivity contribution in [1.29, 1.82) is 0 Å². The molecule has 4 nitrogen and oxygen atoms in total. The lowest BCUT2D eigenvalue weighted by Gasteiger charge is -2.38. The Labute approximate surface area is 183 Å². The number of allylic oxidation sites excluding steroid dienone is 4. The summed E-state index contributed by atoms with van der Waals surface area (Å²) in [5.74, 6) is 0.765. The van der Waals surface area contributed by atoms with Gasteiger partial charge in [0.1, 0.15) is 0 Å². The van der Waals surface area contributed by atoms with Gasteiger partial charge in [-0.3, -0.25) is 0 Å². The Morgan fingerprint density at radius 3 is 2.57 bits per heavy atom. The van der Waals surface area contributed by atoms with E-state index in [9.17, 15) is 5.11 Å². The summed E-state index contributed by atoms with van der Waals surface area (Å²) in [5.41, 5.74) is 2.20. The van der Waals surface area contributed by atoms with Gasteiger partial charge in [0.05, 0.1) is 30.0 Å². The minimum absolute atomic E-state index is 0.0818. The molecule has 0 aromatic rings. The first-order valence-corrected chi connectivity index (χ1v) is 11.6. The monoisotopic (exact) mass is 415 g/mol. The van der Waals surface area contributed by atoms with E-state index < -0.39 is 6.10 Å². The summed E-state index contributed by atoms with van der Waals surface area (Å²) < 4.78 is 12.0. The van der Waals surface area contributed by atoms with E-state index in [0.29, 0.717) is 6.04 Å². The fourth-order valence-electron chi connectivity index (χ4n) is 4.93. The number of ether oxygens (including phenoxy) is 2. The average Bonchev–Trinajstić information content (AvgIpc) is 3.40. The number of aliphatic hydroxyl groups excluding tert-OH is 1. The molecular formula is C26H41NO3. The van der Waals surface area contributed by atoms with Crippen molar-refractivity contribution in [2.24, 2.45) is 5.92 Å². The lowest BCUT2D eigenvalue weighted by atomic mass is 9.83. The maximum Gasteiger partial charge on any atom is 0.0971 e. The van der Waals surface area contributed by atoms with Crippen molar-refractivity contribution in [3.05, 3.63) is 48.2 Å². The molecule has 30 heavy (non-hydrogen) atoms. The Morgan fingerprint density at radius 1 is 1.23 bits per heavy atom. The van der Waals surface area contributed by atoms with Gasteiger partial charge in [0, 0.05) is 24.6 Å². The van der Waals surface area contributed by atoms with E-state index in [1.165, 1.54) is 31.3 Å². The fourth-order valence-corrected chi connectivity index (χ4v) is 4.93. The van der Waals surface area contributed by atoms with Gasteiger partial charge in [-0.1, -0.05) is 36.5 Å². The predicted molar refractivity (Wildman–Crippen MR) is 123 cm³/mol. The second-order valence-corrected chi connectivity index (χ2v) is 10.3. The van der Waals surface area contributed by atoms with Gasteiger partial charge >= 0.3 is 0 Å². The molecule has 3 rings (SSSR count). The maximum atomic E-state index is 9.33. The Morgan fingerprint density at radius 2 is 1.93 bits per heavy atom. The minimum atomic E-state index is -0.428. The molecule has 2 saturated heterocycles. The summed E-state index contributed by atoms with van der Waals surface area (Å²) in [6, 6.07) is 0.501. The molecule has 0 amide bonds. The van der Waals surface area contributed by atoms with Gasteiger partial charge in [0.15, 0.2) is 0 Å². The molecule has 0 bridgehead atoms. The van der Waals surface area contributed by atoms with Crippen LogP contribution in [0.2, 0.25) is 0 Å². The van der Waals surface area contributed by atoms with Crippen LogP contribution >= 0.6 is 0 Å². The quantitative estimate of drug-likeness (QED) is 0.422. The third kappa shape index (κ3) is 7.40. The van der Waals surface area contributed by atoms with Gasteiger partial charge in [-0.15, -0.1) is 0 Å². The fraction of sp³-hybridized carbons (Fsp3) is 0.692. The summed E-state index contributed by atoms with van der Waals surface area (Å²) in [7, 11) is 0. The number of epoxide rings is 1. The van der Waals surface area contributed by atoms with Gasteiger partial charge in [0.2, 0.25) is 0 Å². The van der Waals surface area contributed by atoms with Crippen LogP contribution in [0.5, 0.6) is 0 Å². The summed E-state index contributed by atoms with van der Waals surface area (Å²) in [6.45, 7) is 13.2. The van der Waals surface area contributed by atoms with Crippen LogP contribution in [0.1, 0.15) is 72.6 Å². The highest BCUT2D eigenvalue weighted by atomic mass is 16.6. The minimum Gasteiger partial charge on any atom is -0.389 e. The van der Waals surface area contributed by atoms with Crippen LogP contribution in [0.3, 0.4) is 0 Å². The molecule has 0 unspecified atom stereocenters. The van der Waals surface area contributed by atoms with E-state index in [4.69, 9.17) is 9.47 Å². The normalized spacial score (nSPS) is 35.1. The molecule has 3 atom stereocenters. The lowest BCUT2D eigenvalue weighted by Crippen LogP contribution is -2.43. The number of nitrogens with one attached hydrogen (secondary N) is 1. The Hall–Kier alpha value is -1.36. The van der Waals surface area contributed by atoms with Crippen LogP contribution in [-0.4, -0.2) is 41.2 Å². The van der Waals surface area contributed by atoms with Gasteiger partial charge in [-0.05, 0) is 71.8 Å². The van der Waals surface area contributed by atoms with Crippen molar-refractivity contribution in [2.45, 2.75) is 102 Å². The smallest absolute Gasteiger partial charge is 0.0971 e. The van der Waals surface area contributed by atoms with Gasteiger partial charge < -0.3 is 19.9 Å². The lowest BCUT2D eigenvalue weighted by molar-refractivity contribution is -0.112. The maximum absolute atomic E-state index is 9.33. The van der Waals surface area contributed by atoms with E-state index in [2.05, 4.69) is 50.9 Å². The first kappa shape index (κ1) is 23.3. The number of hydrogen-bond donors (Lipinski definition) is 2. The van der Waals surface area contributed by atoms with Crippen molar-refractivity contribution in [3.8, 4) is 0 Å². The first-order valence-electron chi connectivity index (χ1n) is 11.6. The summed E-state index contributed by atoms with van der Waals surface area (Å²) in [6.07, 6.45) is 18.2. The summed E-state index contributed by atoms with van der Waals surface area (Å²) in [4.78, 5) is 0. The average molecular weight is 416 g/mol. The van der Waals surface area contributed by atoms with E-state index in [1.807, 2.05) is 6.08 Å². The molecule has 0 radical (unpaired) electrons. The second kappa shape index (κ2) is 9.84. The van der Waals surface area contributed by atoms with Gasteiger partial charge in [0.25, 0.3) is 0 Å². The highest BCUT2D eigenvalue weighted by Crippen LogP contribution is 2.46. The molecule has 1 saturated carbocycles. The standard InChI is InChI=1S/C26H41NO3/c1-19(7-15-24-16-26(18-29-26)17-25(4,5)30-24)6-10-22-11-13-23(14-12-22)27-20(2)8-9-21(3)28/h6-9,15,21-24,27-28H,2,10-14,16-18H2,1,3-5H3/b9-8-,15-7+,19-6+/t21-,22?,23?,24+,26+/m0/s1. The van der Waals surface area contributed by atoms with E-state index in [-0.39, 0.29) is 17.3 Å². The third-order valence-electron chi connectivity index (χ3n) is 6.50. The van der Waals surface area contributed by atoms with Crippen molar-refractivity contribution in [3.63, 3.8) is 0 Å². The molecule has 2 heterocycles. The van der Waals surface area contributed by atoms with E-state index in [1.54, 1.807) is 13.0 Å². The number of aliphatic hydroxyl groups is 1. The summed E-state index contributed by atoms with van der Waals surface area (Å²) in [5, 5.41) is 12.8. The molecular weight excluding hydrogens is 374 g/mol. The molecule has 1 spiro atoms. The second-order valence-electron chi connectivity index (χ2n) is 10.3. The van der Waals surface area contributed by atoms with Gasteiger partial charge in [-0.25, -0.2) is 0 Å². The predicted octanol–water partition coefficient (Wildman–Crippen LogP) is 5.20. The molecule has 0 aromatic heterocycles. The largest absolute Gasteiger partial charge is 0.389 e. The first-order chi connectivity index (χ1) is 14.1. The molecule has 2 N–H and O–H groups in total. The number of hydrogen-bond acceptors (Lipinski definition) is 4. The van der Waals surface area contributed by atoms with Crippen LogP contribution in [-0.2, 0) is 9.47 Å². The molecule has 1 aliphatic carbocycles. The van der Waals surface area contributed by atoms with Crippen LogP contribution in [0.15, 0.2) is 48.2 Å². The van der Waals surface area contributed by atoms with E-state index in [0.717, 1.165) is 37.5 Å². The van der Waals surface area contributed by atoms with Crippen LogP contribution in [0.25, 0.3) is 0 Å². The van der Waals surface area contributed by atoms with Crippen molar-refractivity contribution >= 4 is 0 Å². The topological polar surface area (TPSA) is 54.0 Å². The van der Waals surface area contributed by atoms with Crippen LogP contribution in [0, 0.1) is 5.92 Å². The molecule has 3 aliphatic rings. The zero-order valence-electron chi connectivity index (χ0n) is 19.3. The molecule has 168 valence electrons. The SMILES string of the molecule is C=C(/C=C\[C@H](C)O)NC1CCC(C/C=C(C)/C=C/[C@@H]2C[C@]3(CO3)CC(C)(C)O2)CC1. The Balaban J connectivity index is 1.39. The van der Waals surface area contributed by atoms with E-state index >= 15 is 0 Å². The molecule has 4 heteroatoms.